The lowest BCUT2D eigenvalue weighted by Gasteiger charge is -2.16. The first-order chi connectivity index (χ1) is 13.0. The van der Waals surface area contributed by atoms with Crippen LogP contribution in [-0.2, 0) is 19.1 Å². The fourth-order valence-electron chi connectivity index (χ4n) is 2.32. The largest absolute Gasteiger partial charge is 0.466 e. The summed E-state index contributed by atoms with van der Waals surface area (Å²) in [6.07, 6.45) is -0.672. The van der Waals surface area contributed by atoms with Crippen LogP contribution < -0.4 is 5.32 Å². The van der Waals surface area contributed by atoms with Crippen LogP contribution in [0, 0.1) is 0 Å². The molecule has 0 aromatic heterocycles. The number of hydrogen-bond acceptors (Lipinski definition) is 5. The number of benzene rings is 2. The summed E-state index contributed by atoms with van der Waals surface area (Å²) in [5, 5.41) is 3.26. The van der Waals surface area contributed by atoms with Crippen LogP contribution in [0.5, 0.6) is 0 Å². The summed E-state index contributed by atoms with van der Waals surface area (Å²) in [7, 11) is 1.23. The van der Waals surface area contributed by atoms with Gasteiger partial charge in [-0.2, -0.15) is 0 Å². The molecule has 1 amide bonds. The number of carbonyl (C=O) groups is 3. The van der Waals surface area contributed by atoms with Crippen molar-refractivity contribution in [1.29, 1.82) is 0 Å². The molecular weight excluding hydrogens is 370 g/mol. The molecule has 0 fully saturated rings. The van der Waals surface area contributed by atoms with Gasteiger partial charge >= 0.3 is 11.9 Å². The van der Waals surface area contributed by atoms with Gasteiger partial charge < -0.3 is 14.8 Å². The Hall–Kier alpha value is -2.86. The Labute approximate surface area is 162 Å². The van der Waals surface area contributed by atoms with Gasteiger partial charge in [0.25, 0.3) is 5.91 Å². The molecule has 6 nitrogen and oxygen atoms in total. The van der Waals surface area contributed by atoms with Gasteiger partial charge in [0.15, 0.2) is 0 Å². The summed E-state index contributed by atoms with van der Waals surface area (Å²) in [5.74, 6) is -1.45. The lowest BCUT2D eigenvalue weighted by molar-refractivity contribution is -0.166. The summed E-state index contributed by atoms with van der Waals surface area (Å²) in [6, 6.07) is 15.1. The van der Waals surface area contributed by atoms with Crippen LogP contribution >= 0.6 is 11.6 Å². The highest BCUT2D eigenvalue weighted by Crippen LogP contribution is 2.19. The standard InChI is InChI=1S/C20H20ClNO5/c1-26-20(25)18(14-6-3-2-4-7-14)27-17(23)8-5-13-22-19(24)15-9-11-16(21)12-10-15/h2-4,6-7,9-12,18H,5,8,13H2,1H3,(H,22,24). The highest BCUT2D eigenvalue weighted by molar-refractivity contribution is 6.30. The van der Waals surface area contributed by atoms with Crippen molar-refractivity contribution >= 4 is 29.4 Å². The summed E-state index contributed by atoms with van der Waals surface area (Å²) >= 11 is 5.78. The Kier molecular flexibility index (Phi) is 7.82. The second-order valence-corrected chi connectivity index (χ2v) is 6.11. The zero-order valence-corrected chi connectivity index (χ0v) is 15.6. The Morgan fingerprint density at radius 2 is 1.70 bits per heavy atom. The third kappa shape index (κ3) is 6.42. The summed E-state index contributed by atoms with van der Waals surface area (Å²) < 4.78 is 9.95. The lowest BCUT2D eigenvalue weighted by Crippen LogP contribution is -2.25. The molecule has 0 spiro atoms. The first-order valence-electron chi connectivity index (χ1n) is 8.37. The first kappa shape index (κ1) is 20.5. The molecular formula is C20H20ClNO5. The van der Waals surface area contributed by atoms with E-state index in [2.05, 4.69) is 5.32 Å². The molecule has 0 bridgehead atoms. The first-order valence-corrected chi connectivity index (χ1v) is 8.75. The van der Waals surface area contributed by atoms with E-state index in [1.807, 2.05) is 0 Å². The van der Waals surface area contributed by atoms with Crippen molar-refractivity contribution < 1.29 is 23.9 Å². The molecule has 1 atom stereocenters. The van der Waals surface area contributed by atoms with Crippen LogP contribution in [0.3, 0.4) is 0 Å². The van der Waals surface area contributed by atoms with Gasteiger partial charge in [0.2, 0.25) is 6.10 Å². The average molecular weight is 390 g/mol. The molecule has 0 aliphatic carbocycles. The van der Waals surface area contributed by atoms with Crippen LogP contribution in [0.25, 0.3) is 0 Å². The van der Waals surface area contributed by atoms with E-state index in [0.29, 0.717) is 29.1 Å². The molecule has 0 radical (unpaired) electrons. The van der Waals surface area contributed by atoms with Gasteiger partial charge in [0.1, 0.15) is 0 Å². The smallest absolute Gasteiger partial charge is 0.351 e. The molecule has 2 aromatic rings. The topological polar surface area (TPSA) is 81.7 Å². The van der Waals surface area contributed by atoms with Crippen LogP contribution in [0.15, 0.2) is 54.6 Å². The maximum absolute atomic E-state index is 12.0. The number of rotatable bonds is 8. The van der Waals surface area contributed by atoms with Crippen molar-refractivity contribution in [2.45, 2.75) is 18.9 Å². The van der Waals surface area contributed by atoms with E-state index < -0.39 is 18.0 Å². The van der Waals surface area contributed by atoms with Crippen LogP contribution in [0.4, 0.5) is 0 Å². The van der Waals surface area contributed by atoms with Gasteiger partial charge in [-0.3, -0.25) is 9.59 Å². The third-order valence-corrected chi connectivity index (χ3v) is 3.97. The molecule has 0 saturated heterocycles. The quantitative estimate of drug-likeness (QED) is 0.553. The fraction of sp³-hybridized carbons (Fsp3) is 0.250. The molecule has 27 heavy (non-hydrogen) atoms. The van der Waals surface area contributed by atoms with Crippen LogP contribution in [0.1, 0.15) is 34.9 Å². The number of esters is 2. The molecule has 0 aliphatic heterocycles. The number of ether oxygens (including phenoxy) is 2. The predicted octanol–water partition coefficient (Wildman–Crippen LogP) is 3.31. The van der Waals surface area contributed by atoms with Gasteiger partial charge in [-0.15, -0.1) is 0 Å². The molecule has 142 valence electrons. The lowest BCUT2D eigenvalue weighted by atomic mass is 10.1. The van der Waals surface area contributed by atoms with Crippen molar-refractivity contribution in [1.82, 2.24) is 5.32 Å². The van der Waals surface area contributed by atoms with Gasteiger partial charge in [-0.1, -0.05) is 41.9 Å². The van der Waals surface area contributed by atoms with Gasteiger partial charge in [0, 0.05) is 29.1 Å². The van der Waals surface area contributed by atoms with E-state index in [-0.39, 0.29) is 12.3 Å². The molecule has 0 aliphatic rings. The van der Waals surface area contributed by atoms with E-state index in [9.17, 15) is 14.4 Å². The van der Waals surface area contributed by atoms with E-state index in [1.165, 1.54) is 7.11 Å². The molecule has 0 saturated carbocycles. The van der Waals surface area contributed by atoms with E-state index >= 15 is 0 Å². The van der Waals surface area contributed by atoms with Crippen LogP contribution in [0.2, 0.25) is 5.02 Å². The molecule has 0 heterocycles. The van der Waals surface area contributed by atoms with Crippen LogP contribution in [-0.4, -0.2) is 31.5 Å². The van der Waals surface area contributed by atoms with Gasteiger partial charge in [-0.25, -0.2) is 4.79 Å². The highest BCUT2D eigenvalue weighted by Gasteiger charge is 2.25. The maximum atomic E-state index is 12.0. The van der Waals surface area contributed by atoms with E-state index in [0.717, 1.165) is 0 Å². The average Bonchev–Trinajstić information content (AvgIpc) is 2.70. The molecule has 1 unspecified atom stereocenters. The minimum Gasteiger partial charge on any atom is -0.466 e. The number of halogens is 1. The Bertz CT molecular complexity index is 777. The van der Waals surface area contributed by atoms with Crippen molar-refractivity contribution in [3.05, 3.63) is 70.7 Å². The Balaban J connectivity index is 1.79. The minimum atomic E-state index is -1.10. The number of amides is 1. The molecule has 1 N–H and O–H groups in total. The van der Waals surface area contributed by atoms with Crippen molar-refractivity contribution in [2.24, 2.45) is 0 Å². The summed E-state index contributed by atoms with van der Waals surface area (Å²) in [5.41, 5.74) is 1.02. The molecule has 2 rings (SSSR count). The number of hydrogen-bond donors (Lipinski definition) is 1. The van der Waals surface area contributed by atoms with E-state index in [1.54, 1.807) is 54.6 Å². The van der Waals surface area contributed by atoms with E-state index in [4.69, 9.17) is 21.1 Å². The molecule has 2 aromatic carbocycles. The summed E-state index contributed by atoms with van der Waals surface area (Å²) in [4.78, 5) is 35.9. The zero-order chi connectivity index (χ0) is 19.6. The fourth-order valence-corrected chi connectivity index (χ4v) is 2.44. The van der Waals surface area contributed by atoms with Crippen molar-refractivity contribution in [3.8, 4) is 0 Å². The normalized spacial score (nSPS) is 11.3. The molecule has 7 heteroatoms. The van der Waals surface area contributed by atoms with Crippen molar-refractivity contribution in [2.75, 3.05) is 13.7 Å². The monoisotopic (exact) mass is 389 g/mol. The Morgan fingerprint density at radius 1 is 1.04 bits per heavy atom. The highest BCUT2D eigenvalue weighted by atomic mass is 35.5. The predicted molar refractivity (Wildman–Crippen MR) is 100 cm³/mol. The summed E-state index contributed by atoms with van der Waals surface area (Å²) in [6.45, 7) is 0.296. The second-order valence-electron chi connectivity index (χ2n) is 5.67. The SMILES string of the molecule is COC(=O)C(OC(=O)CCCNC(=O)c1ccc(Cl)cc1)c1ccccc1. The van der Waals surface area contributed by atoms with Gasteiger partial charge in [-0.05, 0) is 30.7 Å². The van der Waals surface area contributed by atoms with Gasteiger partial charge in [0.05, 0.1) is 7.11 Å². The minimum absolute atomic E-state index is 0.0568. The Morgan fingerprint density at radius 3 is 2.33 bits per heavy atom. The second kappa shape index (κ2) is 10.3. The number of nitrogens with one attached hydrogen (secondary N) is 1. The maximum Gasteiger partial charge on any atom is 0.351 e. The van der Waals surface area contributed by atoms with Crippen molar-refractivity contribution in [3.63, 3.8) is 0 Å². The number of carbonyl (C=O) groups excluding carboxylic acids is 3. The zero-order valence-electron chi connectivity index (χ0n) is 14.8. The number of methoxy groups -OCH3 is 1. The third-order valence-electron chi connectivity index (χ3n) is 3.72.